The number of aromatic nitrogens is 2. The van der Waals surface area contributed by atoms with Gasteiger partial charge < -0.3 is 9.42 Å². The largest absolute Gasteiger partial charge is 0.340 e. The van der Waals surface area contributed by atoms with Crippen LogP contribution in [0.3, 0.4) is 0 Å². The van der Waals surface area contributed by atoms with Crippen LogP contribution in [0.1, 0.15) is 35.9 Å². The van der Waals surface area contributed by atoms with Crippen LogP contribution in [0.25, 0.3) is 11.4 Å². The van der Waals surface area contributed by atoms with Crippen molar-refractivity contribution in [1.29, 1.82) is 0 Å². The Bertz CT molecular complexity index is 1420. The van der Waals surface area contributed by atoms with Gasteiger partial charge in [0.1, 0.15) is 0 Å². The Morgan fingerprint density at radius 3 is 2.24 bits per heavy atom. The summed E-state index contributed by atoms with van der Waals surface area (Å²) in [7, 11) is 0. The summed E-state index contributed by atoms with van der Waals surface area (Å²) in [6.07, 6.45) is 1.87. The van der Waals surface area contributed by atoms with Crippen LogP contribution in [-0.2, 0) is 11.3 Å². The first kappa shape index (κ1) is 27.9. The highest BCUT2D eigenvalue weighted by molar-refractivity contribution is 6.36. The zero-order chi connectivity index (χ0) is 28.2. The number of rotatable bonds is 7. The molecule has 1 aromatic heterocycles. The van der Waals surface area contributed by atoms with Gasteiger partial charge in [-0.2, -0.15) is 4.98 Å². The number of halogens is 2. The summed E-state index contributed by atoms with van der Waals surface area (Å²) < 4.78 is 5.53. The molecule has 3 heterocycles. The average molecular weight is 591 g/mol. The lowest BCUT2D eigenvalue weighted by molar-refractivity contribution is -0.139. The molecule has 0 aliphatic carbocycles. The van der Waals surface area contributed by atoms with Crippen LogP contribution in [0.2, 0.25) is 10.0 Å². The normalized spacial score (nSPS) is 18.6. The second-order valence-electron chi connectivity index (χ2n) is 10.8. The van der Waals surface area contributed by atoms with E-state index in [0.717, 1.165) is 45.6 Å². The molecule has 212 valence electrons. The summed E-state index contributed by atoms with van der Waals surface area (Å²) in [5, 5.41) is 5.15. The Kier molecular flexibility index (Phi) is 8.67. The lowest BCUT2D eigenvalue weighted by Crippen LogP contribution is -2.53. The molecule has 1 unspecified atom stereocenters. The van der Waals surface area contributed by atoms with Crippen molar-refractivity contribution in [2.75, 3.05) is 39.3 Å². The highest BCUT2D eigenvalue weighted by Crippen LogP contribution is 2.31. The fourth-order valence-electron chi connectivity index (χ4n) is 6.03. The highest BCUT2D eigenvalue weighted by Gasteiger charge is 2.33. The minimum absolute atomic E-state index is 0.0255. The molecule has 3 aromatic carbocycles. The summed E-state index contributed by atoms with van der Waals surface area (Å²) >= 11 is 12.3. The number of hydrogen-bond donors (Lipinski definition) is 0. The smallest absolute Gasteiger partial charge is 0.241 e. The SMILES string of the molecule is O=C(C1CCCN(Cc2nc(-c3ccc(Cl)cc3Cl)no2)C1)N1CCN(C(c2ccccc2)c2ccccc2)CC1. The Morgan fingerprint density at radius 2 is 1.59 bits per heavy atom. The van der Waals surface area contributed by atoms with Crippen LogP contribution >= 0.6 is 23.2 Å². The van der Waals surface area contributed by atoms with Crippen molar-refractivity contribution < 1.29 is 9.32 Å². The van der Waals surface area contributed by atoms with Gasteiger partial charge in [-0.1, -0.05) is 89.0 Å². The summed E-state index contributed by atoms with van der Waals surface area (Å²) in [4.78, 5) is 25.0. The van der Waals surface area contributed by atoms with Gasteiger partial charge in [-0.15, -0.1) is 0 Å². The lowest BCUT2D eigenvalue weighted by Gasteiger charge is -2.41. The molecular weight excluding hydrogens is 557 g/mol. The summed E-state index contributed by atoms with van der Waals surface area (Å²) in [6.45, 7) is 5.25. The predicted molar refractivity (Wildman–Crippen MR) is 161 cm³/mol. The Hall–Kier alpha value is -3.23. The summed E-state index contributed by atoms with van der Waals surface area (Å²) in [5.74, 6) is 1.18. The molecule has 9 heteroatoms. The number of piperidine rings is 1. The van der Waals surface area contributed by atoms with Crippen LogP contribution < -0.4 is 0 Å². The van der Waals surface area contributed by atoms with Gasteiger partial charge >= 0.3 is 0 Å². The molecule has 2 saturated heterocycles. The Balaban J connectivity index is 1.06. The van der Waals surface area contributed by atoms with Gasteiger partial charge in [-0.05, 0) is 48.7 Å². The quantitative estimate of drug-likeness (QED) is 0.256. The van der Waals surface area contributed by atoms with Crippen molar-refractivity contribution in [3.63, 3.8) is 0 Å². The molecule has 1 amide bonds. The minimum atomic E-state index is -0.0255. The average Bonchev–Trinajstić information content (AvgIpc) is 3.46. The lowest BCUT2D eigenvalue weighted by atomic mass is 9.95. The van der Waals surface area contributed by atoms with Crippen molar-refractivity contribution in [2.45, 2.75) is 25.4 Å². The number of carbonyl (C=O) groups excluding carboxylic acids is 1. The first-order valence-electron chi connectivity index (χ1n) is 14.2. The molecule has 2 aliphatic heterocycles. The maximum atomic E-state index is 13.6. The second kappa shape index (κ2) is 12.7. The van der Waals surface area contributed by atoms with Gasteiger partial charge in [0.2, 0.25) is 17.6 Å². The fraction of sp³-hybridized carbons (Fsp3) is 0.344. The minimum Gasteiger partial charge on any atom is -0.340 e. The number of amides is 1. The van der Waals surface area contributed by atoms with Crippen LogP contribution in [-0.4, -0.2) is 70.0 Å². The van der Waals surface area contributed by atoms with Gasteiger partial charge in [0.25, 0.3) is 0 Å². The van der Waals surface area contributed by atoms with E-state index in [9.17, 15) is 4.79 Å². The molecule has 41 heavy (non-hydrogen) atoms. The van der Waals surface area contributed by atoms with Crippen molar-refractivity contribution in [3.8, 4) is 11.4 Å². The third-order valence-corrected chi connectivity index (χ3v) is 8.62. The van der Waals surface area contributed by atoms with E-state index in [2.05, 4.69) is 85.5 Å². The molecule has 7 nitrogen and oxygen atoms in total. The number of nitrogens with zero attached hydrogens (tertiary/aromatic N) is 5. The molecule has 2 aliphatic rings. The van der Waals surface area contributed by atoms with Gasteiger partial charge in [-0.3, -0.25) is 14.6 Å². The fourth-order valence-corrected chi connectivity index (χ4v) is 6.53. The third-order valence-electron chi connectivity index (χ3n) is 8.08. The van der Waals surface area contributed by atoms with Gasteiger partial charge in [0.05, 0.1) is 23.5 Å². The molecular formula is C32H33Cl2N5O2. The highest BCUT2D eigenvalue weighted by atomic mass is 35.5. The van der Waals surface area contributed by atoms with E-state index in [1.165, 1.54) is 11.1 Å². The van der Waals surface area contributed by atoms with E-state index < -0.39 is 0 Å². The van der Waals surface area contributed by atoms with Crippen molar-refractivity contribution in [1.82, 2.24) is 24.8 Å². The van der Waals surface area contributed by atoms with Crippen molar-refractivity contribution in [2.24, 2.45) is 5.92 Å². The van der Waals surface area contributed by atoms with Gasteiger partial charge in [0, 0.05) is 43.3 Å². The Morgan fingerprint density at radius 1 is 0.902 bits per heavy atom. The number of benzene rings is 3. The molecule has 2 fully saturated rings. The zero-order valence-electron chi connectivity index (χ0n) is 22.8. The Labute approximate surface area is 250 Å². The predicted octanol–water partition coefficient (Wildman–Crippen LogP) is 6.19. The van der Waals surface area contributed by atoms with Gasteiger partial charge in [-0.25, -0.2) is 0 Å². The molecule has 0 spiro atoms. The standard InChI is InChI=1S/C32H33Cl2N5O2/c33-26-13-14-27(28(34)20-26)31-35-29(41-36-31)22-37-15-7-12-25(21-37)32(40)39-18-16-38(17-19-39)30(23-8-3-1-4-9-23)24-10-5-2-6-11-24/h1-6,8-11,13-14,20,25,30H,7,12,15-19,21-22H2. The topological polar surface area (TPSA) is 65.7 Å². The third kappa shape index (κ3) is 6.49. The number of likely N-dealkylation sites (tertiary alicyclic amines) is 1. The first-order chi connectivity index (χ1) is 20.0. The number of piperazine rings is 1. The molecule has 6 rings (SSSR count). The molecule has 1 atom stereocenters. The maximum Gasteiger partial charge on any atom is 0.241 e. The van der Waals surface area contributed by atoms with Crippen molar-refractivity contribution >= 4 is 29.1 Å². The van der Waals surface area contributed by atoms with Gasteiger partial charge in [0.15, 0.2) is 0 Å². The molecule has 0 bridgehead atoms. The van der Waals surface area contributed by atoms with E-state index in [1.807, 2.05) is 0 Å². The molecule has 4 aromatic rings. The summed E-state index contributed by atoms with van der Waals surface area (Å²) in [6, 6.07) is 26.7. The monoisotopic (exact) mass is 589 g/mol. The van der Waals surface area contributed by atoms with E-state index in [-0.39, 0.29) is 17.9 Å². The molecule has 0 saturated carbocycles. The van der Waals surface area contributed by atoms with Crippen molar-refractivity contribution in [3.05, 3.63) is 106 Å². The first-order valence-corrected chi connectivity index (χ1v) is 14.9. The second-order valence-corrected chi connectivity index (χ2v) is 11.6. The molecule has 0 radical (unpaired) electrons. The number of hydrogen-bond acceptors (Lipinski definition) is 6. The van der Waals surface area contributed by atoms with Crippen LogP contribution in [0, 0.1) is 5.92 Å². The summed E-state index contributed by atoms with van der Waals surface area (Å²) in [5.41, 5.74) is 3.24. The molecule has 0 N–H and O–H groups in total. The van der Waals surface area contributed by atoms with E-state index >= 15 is 0 Å². The van der Waals surface area contributed by atoms with Crippen LogP contribution in [0.5, 0.6) is 0 Å². The van der Waals surface area contributed by atoms with E-state index in [1.54, 1.807) is 18.2 Å². The van der Waals surface area contributed by atoms with E-state index in [0.29, 0.717) is 40.4 Å². The maximum absolute atomic E-state index is 13.6. The van der Waals surface area contributed by atoms with Crippen LogP contribution in [0.4, 0.5) is 0 Å². The number of carbonyl (C=O) groups is 1. The van der Waals surface area contributed by atoms with Crippen LogP contribution in [0.15, 0.2) is 83.4 Å². The zero-order valence-corrected chi connectivity index (χ0v) is 24.3. The van der Waals surface area contributed by atoms with E-state index in [4.69, 9.17) is 27.7 Å².